The number of fused-ring (bicyclic) bond motifs is 7. The van der Waals surface area contributed by atoms with Crippen LogP contribution in [0.25, 0.3) is 0 Å². The molecule has 7 aliphatic rings. The van der Waals surface area contributed by atoms with Gasteiger partial charge >= 0.3 is 5.97 Å². The predicted molar refractivity (Wildman–Crippen MR) is 199 cm³/mol. The molecule has 0 radical (unpaired) electrons. The lowest BCUT2D eigenvalue weighted by atomic mass is 9.33. The van der Waals surface area contributed by atoms with Gasteiger partial charge < -0.3 is 64.9 Å². The summed E-state index contributed by atoms with van der Waals surface area (Å²) >= 11 is 0. The summed E-state index contributed by atoms with van der Waals surface area (Å²) in [5, 5.41) is 95.3. The molecule has 9 N–H and O–H groups in total. The minimum Gasteiger partial charge on any atom is -0.432 e. The van der Waals surface area contributed by atoms with Gasteiger partial charge in [0.15, 0.2) is 6.29 Å². The third-order valence-corrected chi connectivity index (χ3v) is 17.6. The molecule has 7 rings (SSSR count). The molecule has 0 aromatic heterocycles. The van der Waals surface area contributed by atoms with Crippen LogP contribution in [0.4, 0.5) is 0 Å². The summed E-state index contributed by atoms with van der Waals surface area (Å²) in [7, 11) is 0. The molecule has 5 aliphatic carbocycles. The van der Waals surface area contributed by atoms with Gasteiger partial charge in [0, 0.05) is 5.92 Å². The zero-order valence-electron chi connectivity index (χ0n) is 34.1. The predicted octanol–water partition coefficient (Wildman–Crippen LogP) is 1.29. The monoisotopic (exact) mass is 796 g/mol. The van der Waals surface area contributed by atoms with Gasteiger partial charge in [-0.25, -0.2) is 0 Å². The summed E-state index contributed by atoms with van der Waals surface area (Å²) in [6, 6.07) is 0. The summed E-state index contributed by atoms with van der Waals surface area (Å²) in [5.41, 5.74) is -2.39. The molecule has 14 nitrogen and oxygen atoms in total. The van der Waals surface area contributed by atoms with Crippen molar-refractivity contribution in [3.63, 3.8) is 0 Å². The average Bonchev–Trinajstić information content (AvgIpc) is 3.14. The number of rotatable bonds is 6. The third kappa shape index (κ3) is 5.97. The molecule has 14 heteroatoms. The Morgan fingerprint density at radius 3 is 1.93 bits per heavy atom. The minimum absolute atomic E-state index is 0.115. The van der Waals surface area contributed by atoms with E-state index in [-0.39, 0.29) is 45.5 Å². The molecule has 20 atom stereocenters. The fourth-order valence-electron chi connectivity index (χ4n) is 13.8. The van der Waals surface area contributed by atoms with E-state index in [0.717, 1.165) is 31.3 Å². The Morgan fingerprint density at radius 1 is 0.732 bits per heavy atom. The van der Waals surface area contributed by atoms with E-state index in [2.05, 4.69) is 40.7 Å². The second kappa shape index (κ2) is 14.4. The molecule has 0 amide bonds. The number of esters is 1. The van der Waals surface area contributed by atoms with Crippen LogP contribution in [0, 0.1) is 50.7 Å². The molecule has 56 heavy (non-hydrogen) atoms. The van der Waals surface area contributed by atoms with Crippen molar-refractivity contribution in [3.05, 3.63) is 11.6 Å². The van der Waals surface area contributed by atoms with E-state index in [1.807, 2.05) is 13.8 Å². The van der Waals surface area contributed by atoms with Gasteiger partial charge in [0.1, 0.15) is 48.8 Å². The van der Waals surface area contributed by atoms with Crippen molar-refractivity contribution in [2.75, 3.05) is 13.2 Å². The number of aliphatic hydroxyl groups excluding tert-OH is 8. The van der Waals surface area contributed by atoms with Crippen molar-refractivity contribution in [1.29, 1.82) is 0 Å². The van der Waals surface area contributed by atoms with Crippen molar-refractivity contribution in [3.8, 4) is 0 Å². The van der Waals surface area contributed by atoms with Crippen molar-refractivity contribution in [2.45, 2.75) is 179 Å². The van der Waals surface area contributed by atoms with Crippen LogP contribution in [0.5, 0.6) is 0 Å². The molecule has 4 saturated carbocycles. The zero-order chi connectivity index (χ0) is 41.1. The summed E-state index contributed by atoms with van der Waals surface area (Å²) < 4.78 is 23.8. The smallest absolute Gasteiger partial charge is 0.315 e. The van der Waals surface area contributed by atoms with Gasteiger partial charge in [0.05, 0.1) is 30.3 Å². The van der Waals surface area contributed by atoms with Crippen molar-refractivity contribution >= 4 is 5.97 Å². The van der Waals surface area contributed by atoms with Crippen LogP contribution in [-0.4, -0.2) is 138 Å². The lowest BCUT2D eigenvalue weighted by molar-refractivity contribution is -0.330. The van der Waals surface area contributed by atoms with Crippen LogP contribution in [0.2, 0.25) is 0 Å². The fraction of sp³-hybridized carbons (Fsp3) is 0.929. The zero-order valence-corrected chi connectivity index (χ0v) is 34.1. The van der Waals surface area contributed by atoms with E-state index >= 15 is 0 Å². The number of ether oxygens (including phenoxy) is 4. The third-order valence-electron chi connectivity index (χ3n) is 17.6. The minimum atomic E-state index is -1.73. The maximum atomic E-state index is 14.6. The molecular weight excluding hydrogens is 728 g/mol. The van der Waals surface area contributed by atoms with Gasteiger partial charge in [-0.1, -0.05) is 53.2 Å². The van der Waals surface area contributed by atoms with Crippen molar-refractivity contribution in [2.24, 2.45) is 50.7 Å². The topological polar surface area (TPSA) is 236 Å². The molecule has 0 unspecified atom stereocenters. The molecule has 2 aliphatic heterocycles. The fourth-order valence-corrected chi connectivity index (χ4v) is 13.8. The molecule has 2 saturated heterocycles. The van der Waals surface area contributed by atoms with Crippen LogP contribution in [-0.2, 0) is 23.7 Å². The highest BCUT2D eigenvalue weighted by molar-refractivity contribution is 5.79. The van der Waals surface area contributed by atoms with Crippen LogP contribution in [0.1, 0.15) is 106 Å². The second-order valence-electron chi connectivity index (χ2n) is 20.3. The number of hydrogen-bond acceptors (Lipinski definition) is 14. The number of allylic oxidation sites excluding steroid dienone is 1. The summed E-state index contributed by atoms with van der Waals surface area (Å²) in [4.78, 5) is 14.6. The van der Waals surface area contributed by atoms with Crippen molar-refractivity contribution < 1.29 is 69.7 Å². The first-order chi connectivity index (χ1) is 26.1. The highest BCUT2D eigenvalue weighted by atomic mass is 16.7. The normalized spacial score (nSPS) is 55.4. The number of aliphatic hydroxyl groups is 9. The van der Waals surface area contributed by atoms with Crippen LogP contribution in [0.15, 0.2) is 11.6 Å². The van der Waals surface area contributed by atoms with Gasteiger partial charge in [0.2, 0.25) is 6.29 Å². The number of carbonyl (C=O) groups is 1. The van der Waals surface area contributed by atoms with E-state index in [4.69, 9.17) is 18.9 Å². The second-order valence-corrected chi connectivity index (χ2v) is 20.3. The molecule has 2 heterocycles. The highest BCUT2D eigenvalue weighted by Gasteiger charge is 2.72. The van der Waals surface area contributed by atoms with E-state index in [1.165, 1.54) is 0 Å². The summed E-state index contributed by atoms with van der Waals surface area (Å²) in [6.45, 7) is 14.2. The van der Waals surface area contributed by atoms with E-state index in [0.29, 0.717) is 32.1 Å². The molecule has 0 bridgehead atoms. The average molecular weight is 797 g/mol. The molecule has 0 aromatic rings. The number of hydrogen-bond donors (Lipinski definition) is 9. The highest BCUT2D eigenvalue weighted by Crippen LogP contribution is 2.76. The van der Waals surface area contributed by atoms with Gasteiger partial charge in [0.25, 0.3) is 0 Å². The maximum Gasteiger partial charge on any atom is 0.315 e. The van der Waals surface area contributed by atoms with E-state index < -0.39 is 97.5 Å². The first-order valence-electron chi connectivity index (χ1n) is 21.0. The quantitative estimate of drug-likeness (QED) is 0.105. The summed E-state index contributed by atoms with van der Waals surface area (Å²) in [6.07, 6.45) is -6.33. The summed E-state index contributed by atoms with van der Waals surface area (Å²) in [5.74, 6) is -0.844. The Morgan fingerprint density at radius 2 is 1.32 bits per heavy atom. The van der Waals surface area contributed by atoms with E-state index in [9.17, 15) is 50.8 Å². The Kier molecular flexibility index (Phi) is 11.0. The van der Waals surface area contributed by atoms with Crippen LogP contribution in [0.3, 0.4) is 0 Å². The van der Waals surface area contributed by atoms with Crippen LogP contribution >= 0.6 is 0 Å². The Labute approximate surface area is 330 Å². The molecule has 0 spiro atoms. The Bertz CT molecular complexity index is 1520. The van der Waals surface area contributed by atoms with Gasteiger partial charge in [-0.3, -0.25) is 4.79 Å². The van der Waals surface area contributed by atoms with Crippen LogP contribution < -0.4 is 0 Å². The lowest BCUT2D eigenvalue weighted by Gasteiger charge is -2.72. The Balaban J connectivity index is 1.18. The molecular formula is C42H68O14. The van der Waals surface area contributed by atoms with Gasteiger partial charge in [-0.15, -0.1) is 0 Å². The first-order valence-corrected chi connectivity index (χ1v) is 21.0. The maximum absolute atomic E-state index is 14.6. The molecule has 0 aromatic carbocycles. The largest absolute Gasteiger partial charge is 0.432 e. The van der Waals surface area contributed by atoms with Crippen molar-refractivity contribution in [1.82, 2.24) is 0 Å². The SMILES string of the molecule is C[C@@H]1CC[C@]2(C(=O)O[C@@H]3O[C@H](CO)[C@@H](O)[C@H](O)[C@H]3O)CC[C@]3(C)C(=CC[C@@H]4[C@@]5(C)CC[C@H](O[C@@H]6O[C@H](CO)[C@@H](O)[C@H](O)[C@H]6O)C(C)(C)[C@@H]5CC[C@]43C)[C@@H]2[C@]1(C)O. The number of carbonyl (C=O) groups excluding carboxylic acids is 1. The lowest BCUT2D eigenvalue weighted by Crippen LogP contribution is -2.68. The van der Waals surface area contributed by atoms with E-state index in [1.54, 1.807) is 0 Å². The Hall–Kier alpha value is -1.27. The standard InChI is InChI=1S/C42H68O14/c1-20-10-15-42(36(51)56-35-32(50)30(48)28(46)23(19-44)54-35)17-16-39(5)21(33(42)41(20,7)52)8-9-25-38(4)13-12-26(37(2,3)24(38)11-14-40(25,39)6)55-34-31(49)29(47)27(45)22(18-43)53-34/h8,20,22-35,43-50,52H,9-19H2,1-7H3/t20-,22-,23-,24+,25-,26+,27-,28-,29+,30+,31-,32-,33-,34+,35+,38+,39-,40-,41-,42+/m1/s1. The van der Waals surface area contributed by atoms with Gasteiger partial charge in [-0.05, 0) is 104 Å². The first kappa shape index (κ1) is 42.8. The van der Waals surface area contributed by atoms with Gasteiger partial charge in [-0.2, -0.15) is 0 Å². The molecule has 320 valence electrons. The molecule has 6 fully saturated rings.